The molecular weight excluding hydrogens is 682 g/mol. The number of nitrogens with one attached hydrogen (secondary N) is 1. The minimum Gasteiger partial charge on any atom is -0.467 e. The monoisotopic (exact) mass is 726 g/mol. The highest BCUT2D eigenvalue weighted by atomic mass is 19.1. The molecule has 1 heterocycles. The van der Waals surface area contributed by atoms with E-state index in [0.29, 0.717) is 47.9 Å². The molecule has 52 heavy (non-hydrogen) atoms. The van der Waals surface area contributed by atoms with Crippen LogP contribution in [0.2, 0.25) is 0 Å². The summed E-state index contributed by atoms with van der Waals surface area (Å²) in [6.07, 6.45) is -0.677. The number of ether oxygens (including phenoxy) is 6. The van der Waals surface area contributed by atoms with Crippen LogP contribution in [-0.4, -0.2) is 87.3 Å². The van der Waals surface area contributed by atoms with Crippen molar-refractivity contribution >= 4 is 23.8 Å². The molecule has 12 nitrogen and oxygen atoms in total. The number of halogens is 2. The number of nitrogens with zero attached hydrogens (tertiary/aromatic N) is 1. The van der Waals surface area contributed by atoms with Crippen molar-refractivity contribution in [1.82, 2.24) is 10.2 Å². The molecule has 280 valence electrons. The third-order valence-electron chi connectivity index (χ3n) is 8.01. The molecular formula is C38H44F2N2O10. The number of rotatable bonds is 12. The minimum absolute atomic E-state index is 0.00107. The van der Waals surface area contributed by atoms with Crippen LogP contribution in [0.25, 0.3) is 0 Å². The molecule has 2 amide bonds. The van der Waals surface area contributed by atoms with Crippen LogP contribution in [0.1, 0.15) is 81.4 Å². The number of carbonyl (C=O) groups excluding carboxylic acids is 4. The van der Waals surface area contributed by atoms with E-state index >= 15 is 0 Å². The molecule has 0 spiro atoms. The largest absolute Gasteiger partial charge is 0.467 e. The summed E-state index contributed by atoms with van der Waals surface area (Å²) < 4.78 is 60.8. The molecule has 4 rings (SSSR count). The molecule has 0 unspecified atom stereocenters. The van der Waals surface area contributed by atoms with Gasteiger partial charge < -0.3 is 38.6 Å². The molecule has 1 saturated heterocycles. The van der Waals surface area contributed by atoms with Crippen molar-refractivity contribution < 1.29 is 56.4 Å². The van der Waals surface area contributed by atoms with Gasteiger partial charge in [0.1, 0.15) is 40.4 Å². The Morgan fingerprint density at radius 1 is 0.865 bits per heavy atom. The fourth-order valence-electron chi connectivity index (χ4n) is 5.70. The number of methoxy groups -OCH3 is 2. The summed E-state index contributed by atoms with van der Waals surface area (Å²) in [6, 6.07) is 9.25. The first kappa shape index (κ1) is 39.7. The molecule has 14 heteroatoms. The topological polar surface area (TPSA) is 139 Å². The van der Waals surface area contributed by atoms with Crippen molar-refractivity contribution in [2.75, 3.05) is 40.9 Å². The summed E-state index contributed by atoms with van der Waals surface area (Å²) in [5, 5.41) is 2.96. The maximum absolute atomic E-state index is 14.7. The lowest BCUT2D eigenvalue weighted by Crippen LogP contribution is -2.51. The maximum atomic E-state index is 14.7. The first-order chi connectivity index (χ1) is 24.6. The van der Waals surface area contributed by atoms with Crippen molar-refractivity contribution in [2.45, 2.75) is 65.2 Å². The average Bonchev–Trinajstić information content (AvgIpc) is 3.27. The average molecular weight is 727 g/mol. The van der Waals surface area contributed by atoms with E-state index in [0.717, 1.165) is 6.07 Å². The summed E-state index contributed by atoms with van der Waals surface area (Å²) >= 11 is 0. The normalized spacial score (nSPS) is 16.1. The first-order valence-electron chi connectivity index (χ1n) is 16.6. The molecule has 0 bridgehead atoms. The zero-order valence-electron chi connectivity index (χ0n) is 30.3. The number of ketones is 1. The van der Waals surface area contributed by atoms with Crippen LogP contribution < -0.4 is 14.8 Å². The van der Waals surface area contributed by atoms with Crippen molar-refractivity contribution in [1.29, 1.82) is 0 Å². The van der Waals surface area contributed by atoms with Crippen LogP contribution in [0.5, 0.6) is 11.5 Å². The molecule has 1 N–H and O–H groups in total. The second-order valence-corrected chi connectivity index (χ2v) is 13.3. The number of hydrogen-bond acceptors (Lipinski definition) is 10. The number of carbonyl (C=O) groups is 4. The van der Waals surface area contributed by atoms with Gasteiger partial charge in [0.2, 0.25) is 0 Å². The van der Waals surface area contributed by atoms with Crippen LogP contribution in [0.3, 0.4) is 0 Å². The molecule has 0 aliphatic carbocycles. The smallest absolute Gasteiger partial charge is 0.410 e. The van der Waals surface area contributed by atoms with Gasteiger partial charge in [-0.05, 0) is 82.9 Å². The Morgan fingerprint density at radius 3 is 2.10 bits per heavy atom. The van der Waals surface area contributed by atoms with Gasteiger partial charge in [0, 0.05) is 50.6 Å². The van der Waals surface area contributed by atoms with Gasteiger partial charge in [-0.3, -0.25) is 9.59 Å². The van der Waals surface area contributed by atoms with Gasteiger partial charge in [-0.15, -0.1) is 0 Å². The van der Waals surface area contributed by atoms with E-state index < -0.39 is 58.7 Å². The van der Waals surface area contributed by atoms with Gasteiger partial charge in [0.05, 0.1) is 11.6 Å². The summed E-state index contributed by atoms with van der Waals surface area (Å²) in [7, 11) is 2.82. The molecule has 2 atom stereocenters. The SMILES string of the molecule is COCOc1cc(F)cc(F)c1C(=O)c1ccc(C(=O)O[C@@H]2CCCN(C(=O)OC(C)(C)C)C[C@H]2NC(=O)c2cc(C)c(OCOC)c(C)c2)cc1. The standard InChI is InChI=1S/C38H44F2N2O10/c1-22-15-26(16-23(2)34(22)50-21-48-7)35(44)41-29-19-42(37(46)52-38(3,4)5)14-8-9-30(29)51-36(45)25-12-10-24(11-13-25)33(43)32-28(40)17-27(39)18-31(32)49-20-47-6/h10-13,15-18,29-30H,8-9,14,19-21H2,1-7H3,(H,41,44)/t29-,30-/m1/s1. The summed E-state index contributed by atoms with van der Waals surface area (Å²) in [5.74, 6) is -3.82. The van der Waals surface area contributed by atoms with E-state index in [-0.39, 0.29) is 37.0 Å². The van der Waals surface area contributed by atoms with Gasteiger partial charge in [-0.2, -0.15) is 0 Å². The lowest BCUT2D eigenvalue weighted by Gasteiger charge is -2.30. The van der Waals surface area contributed by atoms with Crippen molar-refractivity contribution in [3.8, 4) is 11.5 Å². The Kier molecular flexibility index (Phi) is 13.3. The predicted molar refractivity (Wildman–Crippen MR) is 185 cm³/mol. The molecule has 3 aromatic rings. The summed E-state index contributed by atoms with van der Waals surface area (Å²) in [4.78, 5) is 55.0. The number of aryl methyl sites for hydroxylation is 2. The van der Waals surface area contributed by atoms with Gasteiger partial charge in [-0.25, -0.2) is 18.4 Å². The van der Waals surface area contributed by atoms with Crippen LogP contribution in [0.15, 0.2) is 48.5 Å². The van der Waals surface area contributed by atoms with Crippen molar-refractivity contribution in [2.24, 2.45) is 0 Å². The minimum atomic E-state index is -1.12. The zero-order valence-corrected chi connectivity index (χ0v) is 30.3. The zero-order chi connectivity index (χ0) is 38.2. The number of hydrogen-bond donors (Lipinski definition) is 1. The van der Waals surface area contributed by atoms with E-state index in [4.69, 9.17) is 28.4 Å². The highest BCUT2D eigenvalue weighted by Crippen LogP contribution is 2.28. The molecule has 1 aliphatic rings. The molecule has 1 fully saturated rings. The molecule has 0 radical (unpaired) electrons. The molecule has 3 aromatic carbocycles. The van der Waals surface area contributed by atoms with E-state index in [9.17, 15) is 28.0 Å². The second kappa shape index (κ2) is 17.4. The van der Waals surface area contributed by atoms with Gasteiger partial charge in [0.25, 0.3) is 5.91 Å². The lowest BCUT2D eigenvalue weighted by atomic mass is 10.0. The van der Waals surface area contributed by atoms with Gasteiger partial charge in [-0.1, -0.05) is 12.1 Å². The van der Waals surface area contributed by atoms with Gasteiger partial charge in [0.15, 0.2) is 19.4 Å². The second-order valence-electron chi connectivity index (χ2n) is 13.3. The fourth-order valence-corrected chi connectivity index (χ4v) is 5.70. The summed E-state index contributed by atoms with van der Waals surface area (Å²) in [5.41, 5.74) is 0.580. The number of likely N-dealkylation sites (tertiary alicyclic amines) is 1. The predicted octanol–water partition coefficient (Wildman–Crippen LogP) is 6.13. The van der Waals surface area contributed by atoms with E-state index in [2.05, 4.69) is 5.32 Å². The van der Waals surface area contributed by atoms with E-state index in [1.165, 1.54) is 43.4 Å². The quantitative estimate of drug-likeness (QED) is 0.132. The first-order valence-corrected chi connectivity index (χ1v) is 16.6. The molecule has 0 aromatic heterocycles. The Balaban J connectivity index is 1.56. The Hall–Kier alpha value is -5.08. The number of benzene rings is 3. The third-order valence-corrected chi connectivity index (χ3v) is 8.01. The fraction of sp³-hybridized carbons (Fsp3) is 0.421. The van der Waals surface area contributed by atoms with E-state index in [1.807, 2.05) is 0 Å². The Morgan fingerprint density at radius 2 is 1.48 bits per heavy atom. The van der Waals surface area contributed by atoms with Crippen LogP contribution in [0.4, 0.5) is 13.6 Å². The van der Waals surface area contributed by atoms with E-state index in [1.54, 1.807) is 46.8 Å². The Bertz CT molecular complexity index is 1750. The number of esters is 1. The maximum Gasteiger partial charge on any atom is 0.410 e. The Labute approximate surface area is 301 Å². The van der Waals surface area contributed by atoms with Crippen LogP contribution in [-0.2, 0) is 18.9 Å². The highest BCUT2D eigenvalue weighted by molar-refractivity contribution is 6.11. The summed E-state index contributed by atoms with van der Waals surface area (Å²) in [6.45, 7) is 8.85. The van der Waals surface area contributed by atoms with Crippen molar-refractivity contribution in [3.63, 3.8) is 0 Å². The third kappa shape index (κ3) is 10.3. The highest BCUT2D eigenvalue weighted by Gasteiger charge is 2.35. The van der Waals surface area contributed by atoms with Gasteiger partial charge >= 0.3 is 12.1 Å². The molecule has 1 aliphatic heterocycles. The number of amides is 2. The molecule has 0 saturated carbocycles. The lowest BCUT2D eigenvalue weighted by molar-refractivity contribution is 0.0127. The van der Waals surface area contributed by atoms with Crippen LogP contribution >= 0.6 is 0 Å². The van der Waals surface area contributed by atoms with Crippen LogP contribution in [0, 0.1) is 25.5 Å². The van der Waals surface area contributed by atoms with Crippen molar-refractivity contribution in [3.05, 3.63) is 93.5 Å².